The first-order chi connectivity index (χ1) is 9.52. The van der Waals surface area contributed by atoms with E-state index in [9.17, 15) is 8.42 Å². The van der Waals surface area contributed by atoms with E-state index in [1.807, 2.05) is 12.1 Å². The summed E-state index contributed by atoms with van der Waals surface area (Å²) in [5.41, 5.74) is 1.32. The fourth-order valence-electron chi connectivity index (χ4n) is 3.55. The average Bonchev–Trinajstić information content (AvgIpc) is 2.44. The summed E-state index contributed by atoms with van der Waals surface area (Å²) in [6, 6.07) is 10.9. The molecule has 0 radical (unpaired) electrons. The number of nitrogens with zero attached hydrogens (tertiary/aromatic N) is 2. The van der Waals surface area contributed by atoms with E-state index in [-0.39, 0.29) is 12.1 Å². The van der Waals surface area contributed by atoms with Crippen LogP contribution in [0.15, 0.2) is 43.0 Å². The Bertz CT molecular complexity index is 586. The summed E-state index contributed by atoms with van der Waals surface area (Å²) in [5, 5.41) is 0. The normalized spacial score (nSPS) is 30.8. The Morgan fingerprint density at radius 2 is 1.85 bits per heavy atom. The number of piperazine rings is 1. The molecule has 1 aromatic carbocycles. The number of rotatable bonds is 4. The van der Waals surface area contributed by atoms with E-state index in [0.29, 0.717) is 19.0 Å². The summed E-state index contributed by atoms with van der Waals surface area (Å²) < 4.78 is 25.1. The van der Waals surface area contributed by atoms with Crippen LogP contribution in [-0.4, -0.2) is 55.6 Å². The monoisotopic (exact) mass is 292 g/mol. The van der Waals surface area contributed by atoms with Gasteiger partial charge in [0.1, 0.15) is 0 Å². The van der Waals surface area contributed by atoms with Crippen LogP contribution in [-0.2, 0) is 10.0 Å². The highest BCUT2D eigenvalue weighted by Gasteiger charge is 2.54. The van der Waals surface area contributed by atoms with Crippen molar-refractivity contribution >= 4 is 10.0 Å². The number of hydrogen-bond donors (Lipinski definition) is 0. The van der Waals surface area contributed by atoms with E-state index < -0.39 is 10.0 Å². The zero-order chi connectivity index (χ0) is 14.3. The third kappa shape index (κ3) is 2.20. The molecule has 5 heteroatoms. The molecule has 0 saturated carbocycles. The fourth-order valence-corrected chi connectivity index (χ4v) is 4.40. The minimum Gasteiger partial charge on any atom is -0.290 e. The van der Waals surface area contributed by atoms with Gasteiger partial charge in [0.2, 0.25) is 10.0 Å². The molecule has 0 N–H and O–H groups in total. The van der Waals surface area contributed by atoms with Gasteiger partial charge in [0.15, 0.2) is 0 Å². The van der Waals surface area contributed by atoms with E-state index in [0.717, 1.165) is 6.54 Å². The number of sulfonamides is 1. The molecule has 2 saturated heterocycles. The second kappa shape index (κ2) is 4.98. The smallest absolute Gasteiger partial charge is 0.211 e. The Morgan fingerprint density at radius 3 is 2.35 bits per heavy atom. The van der Waals surface area contributed by atoms with Crippen molar-refractivity contribution in [3.05, 3.63) is 48.6 Å². The molecule has 2 aliphatic heterocycles. The zero-order valence-electron chi connectivity index (χ0n) is 11.6. The van der Waals surface area contributed by atoms with Crippen LogP contribution in [0.1, 0.15) is 11.5 Å². The second-order valence-electron chi connectivity index (χ2n) is 5.64. The number of benzene rings is 1. The molecule has 108 valence electrons. The number of hydrogen-bond acceptors (Lipinski definition) is 3. The molecule has 0 aliphatic carbocycles. The van der Waals surface area contributed by atoms with Crippen LogP contribution in [0.5, 0.6) is 0 Å². The number of piperidine rings is 1. The lowest BCUT2D eigenvalue weighted by Crippen LogP contribution is -2.73. The zero-order valence-corrected chi connectivity index (χ0v) is 12.5. The van der Waals surface area contributed by atoms with Crippen molar-refractivity contribution in [3.8, 4) is 0 Å². The molecule has 3 rings (SSSR count). The van der Waals surface area contributed by atoms with E-state index in [1.165, 1.54) is 11.8 Å². The largest absolute Gasteiger partial charge is 0.290 e. The van der Waals surface area contributed by atoms with Gasteiger partial charge in [-0.15, -0.1) is 6.58 Å². The first kappa shape index (κ1) is 13.8. The molecule has 1 unspecified atom stereocenters. The molecule has 2 heterocycles. The predicted molar refractivity (Wildman–Crippen MR) is 80.1 cm³/mol. The summed E-state index contributed by atoms with van der Waals surface area (Å²) in [6.45, 7) is 5.80. The van der Waals surface area contributed by atoms with Gasteiger partial charge in [0.05, 0.1) is 6.26 Å². The van der Waals surface area contributed by atoms with E-state index >= 15 is 0 Å². The van der Waals surface area contributed by atoms with Crippen LogP contribution in [0.3, 0.4) is 0 Å². The molecular weight excluding hydrogens is 272 g/mol. The van der Waals surface area contributed by atoms with Crippen molar-refractivity contribution in [2.45, 2.75) is 18.0 Å². The Kier molecular flexibility index (Phi) is 3.44. The maximum Gasteiger partial charge on any atom is 0.211 e. The van der Waals surface area contributed by atoms with Gasteiger partial charge in [-0.1, -0.05) is 36.4 Å². The predicted octanol–water partition coefficient (Wildman–Crippen LogP) is 1.28. The summed E-state index contributed by atoms with van der Waals surface area (Å²) in [5.74, 6) is 0.439. The van der Waals surface area contributed by atoms with E-state index in [1.54, 1.807) is 4.31 Å². The van der Waals surface area contributed by atoms with Crippen molar-refractivity contribution in [2.24, 2.45) is 0 Å². The highest BCUT2D eigenvalue weighted by Crippen LogP contribution is 2.44. The van der Waals surface area contributed by atoms with Gasteiger partial charge >= 0.3 is 0 Å². The lowest BCUT2D eigenvalue weighted by Gasteiger charge is -2.61. The third-order valence-electron chi connectivity index (χ3n) is 4.46. The van der Waals surface area contributed by atoms with Crippen LogP contribution >= 0.6 is 0 Å². The number of fused-ring (bicyclic) bond motifs is 2. The molecule has 0 amide bonds. The summed E-state index contributed by atoms with van der Waals surface area (Å²) >= 11 is 0. The van der Waals surface area contributed by atoms with Crippen LogP contribution in [0.25, 0.3) is 0 Å². The highest BCUT2D eigenvalue weighted by molar-refractivity contribution is 7.88. The summed E-state index contributed by atoms with van der Waals surface area (Å²) in [7, 11) is -3.09. The van der Waals surface area contributed by atoms with Gasteiger partial charge < -0.3 is 0 Å². The van der Waals surface area contributed by atoms with Gasteiger partial charge in [-0.25, -0.2) is 8.42 Å². The van der Waals surface area contributed by atoms with Gasteiger partial charge in [-0.05, 0) is 5.56 Å². The van der Waals surface area contributed by atoms with Crippen LogP contribution in [0, 0.1) is 0 Å². The molecule has 4 nitrogen and oxygen atoms in total. The van der Waals surface area contributed by atoms with Crippen molar-refractivity contribution in [1.29, 1.82) is 0 Å². The molecule has 3 atom stereocenters. The first-order valence-electron chi connectivity index (χ1n) is 6.89. The molecule has 0 aromatic heterocycles. The summed E-state index contributed by atoms with van der Waals surface area (Å²) in [6.07, 6.45) is 3.20. The summed E-state index contributed by atoms with van der Waals surface area (Å²) in [4.78, 5) is 2.37. The Balaban J connectivity index is 1.85. The molecule has 2 aliphatic rings. The van der Waals surface area contributed by atoms with Crippen LogP contribution < -0.4 is 0 Å². The van der Waals surface area contributed by atoms with Crippen LogP contribution in [0.2, 0.25) is 0 Å². The molecule has 2 bridgehead atoms. The van der Waals surface area contributed by atoms with Gasteiger partial charge in [-0.3, -0.25) is 4.90 Å². The van der Waals surface area contributed by atoms with Crippen molar-refractivity contribution in [2.75, 3.05) is 25.9 Å². The van der Waals surface area contributed by atoms with Crippen molar-refractivity contribution in [3.63, 3.8) is 0 Å². The molecule has 20 heavy (non-hydrogen) atoms. The van der Waals surface area contributed by atoms with Crippen LogP contribution in [0.4, 0.5) is 0 Å². The Morgan fingerprint density at radius 1 is 1.25 bits per heavy atom. The van der Waals surface area contributed by atoms with Gasteiger partial charge in [0.25, 0.3) is 0 Å². The molecule has 1 aromatic rings. The van der Waals surface area contributed by atoms with Crippen molar-refractivity contribution in [1.82, 2.24) is 9.21 Å². The second-order valence-corrected chi connectivity index (χ2v) is 7.62. The lowest BCUT2D eigenvalue weighted by molar-refractivity contribution is -0.0599. The maximum absolute atomic E-state index is 11.7. The lowest BCUT2D eigenvalue weighted by atomic mass is 9.72. The quantitative estimate of drug-likeness (QED) is 0.785. The Labute approximate surface area is 120 Å². The van der Waals surface area contributed by atoms with E-state index in [2.05, 4.69) is 35.7 Å². The third-order valence-corrected chi connectivity index (χ3v) is 5.69. The minimum atomic E-state index is -3.09. The maximum atomic E-state index is 11.7. The fraction of sp³-hybridized carbons (Fsp3) is 0.467. The van der Waals surface area contributed by atoms with Gasteiger partial charge in [-0.2, -0.15) is 4.31 Å². The molecule has 2 fully saturated rings. The minimum absolute atomic E-state index is 0.267. The highest BCUT2D eigenvalue weighted by atomic mass is 32.2. The Hall–Kier alpha value is -1.17. The molecule has 0 spiro atoms. The molecular formula is C15H20N2O2S. The average molecular weight is 292 g/mol. The standard InChI is InChI=1S/C15H20N2O2S/c1-3-9-17-13-10-16(20(2,18)19)11-14(17)15(13)12-7-5-4-6-8-12/h3-8,13-15H,1,9-11H2,2H3/t13-,14+,15?. The SMILES string of the molecule is C=CCN1[C@@H]2CN(S(C)(=O)=O)C[C@H]1C2c1ccccc1. The van der Waals surface area contributed by atoms with Crippen molar-refractivity contribution < 1.29 is 8.42 Å². The topological polar surface area (TPSA) is 40.6 Å². The first-order valence-corrected chi connectivity index (χ1v) is 8.74. The van der Waals surface area contributed by atoms with Gasteiger partial charge in [0, 0.05) is 37.6 Å². The van der Waals surface area contributed by atoms with E-state index in [4.69, 9.17) is 0 Å².